The lowest BCUT2D eigenvalue weighted by molar-refractivity contribution is 0.487. The van der Waals surface area contributed by atoms with E-state index in [1.807, 2.05) is 11.5 Å². The summed E-state index contributed by atoms with van der Waals surface area (Å²) < 4.78 is 3.83. The SMILES string of the molecule is C=CCCCCC(C)NCc1csnn1. The van der Waals surface area contributed by atoms with E-state index in [0.29, 0.717) is 6.04 Å². The molecule has 1 atom stereocenters. The Morgan fingerprint density at radius 1 is 1.60 bits per heavy atom. The minimum atomic E-state index is 0.552. The lowest BCUT2D eigenvalue weighted by Crippen LogP contribution is -2.25. The van der Waals surface area contributed by atoms with Crippen molar-refractivity contribution in [3.05, 3.63) is 23.7 Å². The van der Waals surface area contributed by atoms with E-state index in [0.717, 1.165) is 18.7 Å². The van der Waals surface area contributed by atoms with Crippen LogP contribution in [0.2, 0.25) is 0 Å². The van der Waals surface area contributed by atoms with Crippen molar-refractivity contribution in [2.24, 2.45) is 0 Å². The molecule has 0 aliphatic rings. The normalized spacial score (nSPS) is 12.6. The van der Waals surface area contributed by atoms with E-state index in [9.17, 15) is 0 Å². The minimum Gasteiger partial charge on any atom is -0.309 e. The Morgan fingerprint density at radius 3 is 3.13 bits per heavy atom. The van der Waals surface area contributed by atoms with Gasteiger partial charge in [-0.1, -0.05) is 17.0 Å². The maximum Gasteiger partial charge on any atom is 0.0893 e. The Kier molecular flexibility index (Phi) is 6.20. The highest BCUT2D eigenvalue weighted by atomic mass is 32.1. The molecular formula is C11H19N3S. The van der Waals surface area contributed by atoms with Gasteiger partial charge in [-0.05, 0) is 37.7 Å². The second kappa shape index (κ2) is 7.54. The maximum atomic E-state index is 3.99. The van der Waals surface area contributed by atoms with Gasteiger partial charge in [-0.25, -0.2) is 0 Å². The Morgan fingerprint density at radius 2 is 2.47 bits per heavy atom. The number of unbranched alkanes of at least 4 members (excludes halogenated alkanes) is 2. The van der Waals surface area contributed by atoms with Crippen LogP contribution in [-0.4, -0.2) is 15.6 Å². The zero-order valence-corrected chi connectivity index (χ0v) is 10.1. The summed E-state index contributed by atoms with van der Waals surface area (Å²) in [4.78, 5) is 0. The minimum absolute atomic E-state index is 0.552. The van der Waals surface area contributed by atoms with E-state index in [1.54, 1.807) is 0 Å². The summed E-state index contributed by atoms with van der Waals surface area (Å²) in [5.74, 6) is 0. The van der Waals surface area contributed by atoms with Gasteiger partial charge in [0.25, 0.3) is 0 Å². The number of hydrogen-bond acceptors (Lipinski definition) is 4. The molecule has 0 radical (unpaired) electrons. The van der Waals surface area contributed by atoms with Gasteiger partial charge in [0, 0.05) is 18.0 Å². The van der Waals surface area contributed by atoms with Gasteiger partial charge in [-0.2, -0.15) is 0 Å². The molecule has 1 aromatic rings. The van der Waals surface area contributed by atoms with Gasteiger partial charge in [0.1, 0.15) is 0 Å². The van der Waals surface area contributed by atoms with E-state index >= 15 is 0 Å². The van der Waals surface area contributed by atoms with Crippen LogP contribution in [0, 0.1) is 0 Å². The maximum absolute atomic E-state index is 3.99. The van der Waals surface area contributed by atoms with E-state index in [-0.39, 0.29) is 0 Å². The van der Waals surface area contributed by atoms with Crippen LogP contribution in [-0.2, 0) is 6.54 Å². The van der Waals surface area contributed by atoms with Crippen molar-refractivity contribution in [2.45, 2.75) is 45.2 Å². The average molecular weight is 225 g/mol. The van der Waals surface area contributed by atoms with Crippen molar-refractivity contribution in [3.63, 3.8) is 0 Å². The fraction of sp³-hybridized carbons (Fsp3) is 0.636. The first-order valence-electron chi connectivity index (χ1n) is 5.43. The van der Waals surface area contributed by atoms with E-state index in [4.69, 9.17) is 0 Å². The topological polar surface area (TPSA) is 37.8 Å². The molecule has 0 aliphatic carbocycles. The molecule has 4 heteroatoms. The molecule has 1 N–H and O–H groups in total. The number of rotatable bonds is 8. The molecule has 3 nitrogen and oxygen atoms in total. The van der Waals surface area contributed by atoms with E-state index in [1.165, 1.54) is 30.8 Å². The van der Waals surface area contributed by atoms with Crippen LogP contribution in [0.1, 0.15) is 38.3 Å². The number of aromatic nitrogens is 2. The van der Waals surface area contributed by atoms with Gasteiger partial charge in [0.2, 0.25) is 0 Å². The van der Waals surface area contributed by atoms with Crippen LogP contribution in [0.4, 0.5) is 0 Å². The Labute approximate surface area is 95.8 Å². The van der Waals surface area contributed by atoms with Crippen LogP contribution in [0.25, 0.3) is 0 Å². The highest BCUT2D eigenvalue weighted by Gasteiger charge is 2.02. The second-order valence-electron chi connectivity index (χ2n) is 3.75. The lowest BCUT2D eigenvalue weighted by Gasteiger charge is -2.11. The molecule has 0 saturated carbocycles. The molecule has 15 heavy (non-hydrogen) atoms. The fourth-order valence-corrected chi connectivity index (χ4v) is 1.83. The molecule has 0 saturated heterocycles. The lowest BCUT2D eigenvalue weighted by atomic mass is 10.1. The van der Waals surface area contributed by atoms with E-state index in [2.05, 4.69) is 28.4 Å². The predicted molar refractivity (Wildman–Crippen MR) is 64.9 cm³/mol. The third-order valence-electron chi connectivity index (χ3n) is 2.33. The zero-order valence-electron chi connectivity index (χ0n) is 9.28. The van der Waals surface area contributed by atoms with Crippen molar-refractivity contribution < 1.29 is 0 Å². The first-order valence-corrected chi connectivity index (χ1v) is 6.26. The Bertz CT molecular complexity index is 259. The van der Waals surface area contributed by atoms with Crippen LogP contribution in [0.5, 0.6) is 0 Å². The smallest absolute Gasteiger partial charge is 0.0893 e. The molecule has 84 valence electrons. The van der Waals surface area contributed by atoms with Crippen molar-refractivity contribution in [2.75, 3.05) is 0 Å². The van der Waals surface area contributed by atoms with Crippen molar-refractivity contribution >= 4 is 11.5 Å². The zero-order chi connectivity index (χ0) is 10.9. The fourth-order valence-electron chi connectivity index (χ4n) is 1.38. The van der Waals surface area contributed by atoms with Crippen LogP contribution >= 0.6 is 11.5 Å². The molecule has 1 heterocycles. The number of hydrogen-bond donors (Lipinski definition) is 1. The Balaban J connectivity index is 2.03. The first kappa shape index (κ1) is 12.3. The second-order valence-corrected chi connectivity index (χ2v) is 4.36. The number of nitrogens with zero attached hydrogens (tertiary/aromatic N) is 2. The Hall–Kier alpha value is -0.740. The van der Waals surface area contributed by atoms with Crippen LogP contribution in [0.3, 0.4) is 0 Å². The quantitative estimate of drug-likeness (QED) is 0.546. The first-order chi connectivity index (χ1) is 7.33. The third-order valence-corrected chi connectivity index (χ3v) is 2.89. The molecule has 1 rings (SSSR count). The number of nitrogens with one attached hydrogen (secondary N) is 1. The molecule has 0 amide bonds. The number of allylic oxidation sites excluding steroid dienone is 1. The van der Waals surface area contributed by atoms with Gasteiger partial charge in [0.15, 0.2) is 0 Å². The monoisotopic (exact) mass is 225 g/mol. The van der Waals surface area contributed by atoms with Gasteiger partial charge >= 0.3 is 0 Å². The molecule has 1 aromatic heterocycles. The van der Waals surface area contributed by atoms with Crippen LogP contribution in [0.15, 0.2) is 18.0 Å². The van der Waals surface area contributed by atoms with Gasteiger partial charge in [0.05, 0.1) is 5.69 Å². The molecule has 0 aliphatic heterocycles. The van der Waals surface area contributed by atoms with Crippen molar-refractivity contribution in [1.82, 2.24) is 14.9 Å². The summed E-state index contributed by atoms with van der Waals surface area (Å²) >= 11 is 1.40. The summed E-state index contributed by atoms with van der Waals surface area (Å²) in [5.41, 5.74) is 1.04. The highest BCUT2D eigenvalue weighted by molar-refractivity contribution is 7.03. The summed E-state index contributed by atoms with van der Waals surface area (Å²) in [6.45, 7) is 6.77. The standard InChI is InChI=1S/C11H19N3S/c1-3-4-5-6-7-10(2)12-8-11-9-15-14-13-11/h3,9-10,12H,1,4-8H2,2H3. The molecular weight excluding hydrogens is 206 g/mol. The largest absolute Gasteiger partial charge is 0.309 e. The van der Waals surface area contributed by atoms with Gasteiger partial charge in [-0.15, -0.1) is 11.7 Å². The van der Waals surface area contributed by atoms with Crippen LogP contribution < -0.4 is 5.32 Å². The van der Waals surface area contributed by atoms with Gasteiger partial charge in [-0.3, -0.25) is 0 Å². The summed E-state index contributed by atoms with van der Waals surface area (Å²) in [5, 5.41) is 9.41. The molecule has 0 fully saturated rings. The summed E-state index contributed by atoms with van der Waals surface area (Å²) in [6, 6.07) is 0.552. The summed E-state index contributed by atoms with van der Waals surface area (Å²) in [6.07, 6.45) is 6.83. The molecule has 0 bridgehead atoms. The average Bonchev–Trinajstić information content (AvgIpc) is 2.74. The van der Waals surface area contributed by atoms with Crippen molar-refractivity contribution in [1.29, 1.82) is 0 Å². The molecule has 0 aromatic carbocycles. The molecule has 0 spiro atoms. The third kappa shape index (κ3) is 5.64. The predicted octanol–water partition coefficient (Wildman–Crippen LogP) is 2.76. The highest BCUT2D eigenvalue weighted by Crippen LogP contribution is 2.04. The van der Waals surface area contributed by atoms with E-state index < -0.39 is 0 Å². The summed E-state index contributed by atoms with van der Waals surface area (Å²) in [7, 11) is 0. The van der Waals surface area contributed by atoms with Crippen molar-refractivity contribution in [3.8, 4) is 0 Å². The molecule has 1 unspecified atom stereocenters. The van der Waals surface area contributed by atoms with Gasteiger partial charge < -0.3 is 5.32 Å².